The van der Waals surface area contributed by atoms with Crippen LogP contribution in [0.2, 0.25) is 5.02 Å². The smallest absolute Gasteiger partial charge is 0.0717 e. The van der Waals surface area contributed by atoms with Gasteiger partial charge in [0.15, 0.2) is 0 Å². The molecule has 0 N–H and O–H groups in total. The van der Waals surface area contributed by atoms with Crippen molar-refractivity contribution in [1.29, 1.82) is 0 Å². The zero-order valence-electron chi connectivity index (χ0n) is 7.87. The van der Waals surface area contributed by atoms with Crippen LogP contribution in [0.15, 0.2) is 30.5 Å². The Morgan fingerprint density at radius 1 is 1.33 bits per heavy atom. The maximum atomic E-state index is 6.06. The fourth-order valence-corrected chi connectivity index (χ4v) is 1.62. The SMILES string of the molecule is SCC#Cc1ccc2nccc(Cl)c2c1. The summed E-state index contributed by atoms with van der Waals surface area (Å²) in [5.74, 6) is 6.45. The van der Waals surface area contributed by atoms with Crippen molar-refractivity contribution in [1.82, 2.24) is 4.98 Å². The van der Waals surface area contributed by atoms with Gasteiger partial charge in [-0.3, -0.25) is 4.98 Å². The molecule has 0 aliphatic carbocycles. The quantitative estimate of drug-likeness (QED) is 0.545. The van der Waals surface area contributed by atoms with Crippen molar-refractivity contribution in [2.45, 2.75) is 0 Å². The van der Waals surface area contributed by atoms with Gasteiger partial charge in [-0.2, -0.15) is 12.6 Å². The highest BCUT2D eigenvalue weighted by Crippen LogP contribution is 2.22. The Morgan fingerprint density at radius 3 is 3.00 bits per heavy atom. The van der Waals surface area contributed by atoms with Crippen LogP contribution in [-0.2, 0) is 0 Å². The second-order valence-corrected chi connectivity index (χ2v) is 3.71. The molecule has 1 heterocycles. The van der Waals surface area contributed by atoms with Crippen molar-refractivity contribution in [3.05, 3.63) is 41.0 Å². The fourth-order valence-electron chi connectivity index (χ4n) is 1.33. The van der Waals surface area contributed by atoms with E-state index in [1.165, 1.54) is 0 Å². The lowest BCUT2D eigenvalue weighted by Gasteiger charge is -1.99. The lowest BCUT2D eigenvalue weighted by Crippen LogP contribution is -1.81. The second-order valence-electron chi connectivity index (χ2n) is 2.98. The van der Waals surface area contributed by atoms with Gasteiger partial charge in [0.25, 0.3) is 0 Å². The summed E-state index contributed by atoms with van der Waals surface area (Å²) in [5.41, 5.74) is 1.82. The molecule has 1 aromatic carbocycles. The van der Waals surface area contributed by atoms with E-state index in [9.17, 15) is 0 Å². The highest BCUT2D eigenvalue weighted by molar-refractivity contribution is 7.80. The molecule has 15 heavy (non-hydrogen) atoms. The Labute approximate surface area is 98.9 Å². The number of halogens is 1. The van der Waals surface area contributed by atoms with Gasteiger partial charge in [-0.1, -0.05) is 23.4 Å². The van der Waals surface area contributed by atoms with Gasteiger partial charge < -0.3 is 0 Å². The van der Waals surface area contributed by atoms with Gasteiger partial charge in [-0.25, -0.2) is 0 Å². The summed E-state index contributed by atoms with van der Waals surface area (Å²) in [7, 11) is 0. The Morgan fingerprint density at radius 2 is 2.20 bits per heavy atom. The molecule has 0 aliphatic rings. The van der Waals surface area contributed by atoms with E-state index in [1.54, 1.807) is 12.3 Å². The number of nitrogens with zero attached hydrogens (tertiary/aromatic N) is 1. The summed E-state index contributed by atoms with van der Waals surface area (Å²) < 4.78 is 0. The van der Waals surface area contributed by atoms with Crippen LogP contribution >= 0.6 is 24.2 Å². The average molecular weight is 234 g/mol. The van der Waals surface area contributed by atoms with E-state index in [1.807, 2.05) is 18.2 Å². The Balaban J connectivity index is 2.59. The number of benzene rings is 1. The summed E-state index contributed by atoms with van der Waals surface area (Å²) in [5, 5.41) is 1.64. The summed E-state index contributed by atoms with van der Waals surface area (Å²) in [6.07, 6.45) is 1.70. The maximum Gasteiger partial charge on any atom is 0.0717 e. The molecular weight excluding hydrogens is 226 g/mol. The fraction of sp³-hybridized carbons (Fsp3) is 0.0833. The largest absolute Gasteiger partial charge is 0.256 e. The summed E-state index contributed by atoms with van der Waals surface area (Å²) in [6.45, 7) is 0. The standard InChI is InChI=1S/C12H8ClNS/c13-11-5-6-14-12-4-3-9(2-1-7-15)8-10(11)12/h3-6,8,15H,7H2. The molecule has 0 fully saturated rings. The van der Waals surface area contributed by atoms with Crippen LogP contribution < -0.4 is 0 Å². The topological polar surface area (TPSA) is 12.9 Å². The van der Waals surface area contributed by atoms with Gasteiger partial charge in [0.1, 0.15) is 0 Å². The molecule has 74 valence electrons. The molecular formula is C12H8ClNS. The van der Waals surface area contributed by atoms with Gasteiger partial charge in [-0.05, 0) is 24.3 Å². The van der Waals surface area contributed by atoms with E-state index in [2.05, 4.69) is 29.5 Å². The summed E-state index contributed by atoms with van der Waals surface area (Å²) in [6, 6.07) is 7.58. The monoisotopic (exact) mass is 233 g/mol. The number of thiol groups is 1. The van der Waals surface area contributed by atoms with Crippen molar-refractivity contribution < 1.29 is 0 Å². The minimum atomic E-state index is 0.554. The van der Waals surface area contributed by atoms with Gasteiger partial charge >= 0.3 is 0 Å². The molecule has 0 atom stereocenters. The zero-order valence-corrected chi connectivity index (χ0v) is 9.52. The number of hydrogen-bond acceptors (Lipinski definition) is 2. The molecule has 1 aromatic heterocycles. The van der Waals surface area contributed by atoms with Crippen LogP contribution in [0.5, 0.6) is 0 Å². The first-order valence-electron chi connectivity index (χ1n) is 4.45. The number of pyridine rings is 1. The van der Waals surface area contributed by atoms with Gasteiger partial charge in [0, 0.05) is 17.1 Å². The van der Waals surface area contributed by atoms with E-state index < -0.39 is 0 Å². The molecule has 0 saturated carbocycles. The van der Waals surface area contributed by atoms with Crippen LogP contribution in [0.4, 0.5) is 0 Å². The minimum Gasteiger partial charge on any atom is -0.256 e. The minimum absolute atomic E-state index is 0.554. The lowest BCUT2D eigenvalue weighted by molar-refractivity contribution is 1.41. The summed E-state index contributed by atoms with van der Waals surface area (Å²) in [4.78, 5) is 4.22. The van der Waals surface area contributed by atoms with E-state index in [4.69, 9.17) is 11.6 Å². The van der Waals surface area contributed by atoms with Crippen LogP contribution in [-0.4, -0.2) is 10.7 Å². The molecule has 0 spiro atoms. The van der Waals surface area contributed by atoms with Gasteiger partial charge in [0.2, 0.25) is 0 Å². The van der Waals surface area contributed by atoms with Gasteiger partial charge in [0.05, 0.1) is 16.3 Å². The predicted molar refractivity (Wildman–Crippen MR) is 67.5 cm³/mol. The number of fused-ring (bicyclic) bond motifs is 1. The van der Waals surface area contributed by atoms with Crippen LogP contribution in [0.25, 0.3) is 10.9 Å². The van der Waals surface area contributed by atoms with Crippen LogP contribution in [0.1, 0.15) is 5.56 Å². The Bertz CT molecular complexity index is 554. The molecule has 0 unspecified atom stereocenters. The normalized spacial score (nSPS) is 9.73. The van der Waals surface area contributed by atoms with E-state index in [-0.39, 0.29) is 0 Å². The number of hydrogen-bond donors (Lipinski definition) is 1. The average Bonchev–Trinajstić information content (AvgIpc) is 2.27. The molecule has 0 amide bonds. The van der Waals surface area contributed by atoms with Crippen LogP contribution in [0.3, 0.4) is 0 Å². The first-order chi connectivity index (χ1) is 7.31. The Hall–Kier alpha value is -1.17. The third-order valence-electron chi connectivity index (χ3n) is 2.00. The van der Waals surface area contributed by atoms with Crippen molar-refractivity contribution in [3.63, 3.8) is 0 Å². The molecule has 0 bridgehead atoms. The van der Waals surface area contributed by atoms with E-state index in [0.29, 0.717) is 10.8 Å². The molecule has 2 aromatic rings. The van der Waals surface area contributed by atoms with Crippen LogP contribution in [0, 0.1) is 11.8 Å². The molecule has 3 heteroatoms. The highest BCUT2D eigenvalue weighted by atomic mass is 35.5. The molecule has 0 saturated heterocycles. The lowest BCUT2D eigenvalue weighted by atomic mass is 10.1. The van der Waals surface area contributed by atoms with Crippen molar-refractivity contribution in [3.8, 4) is 11.8 Å². The third kappa shape index (κ3) is 2.26. The van der Waals surface area contributed by atoms with E-state index >= 15 is 0 Å². The summed E-state index contributed by atoms with van der Waals surface area (Å²) >= 11 is 10.1. The second kappa shape index (κ2) is 4.57. The first-order valence-corrected chi connectivity index (χ1v) is 5.46. The third-order valence-corrected chi connectivity index (χ3v) is 2.49. The van der Waals surface area contributed by atoms with Crippen molar-refractivity contribution in [2.24, 2.45) is 0 Å². The number of aromatic nitrogens is 1. The van der Waals surface area contributed by atoms with Gasteiger partial charge in [-0.15, -0.1) is 0 Å². The van der Waals surface area contributed by atoms with Crippen molar-refractivity contribution in [2.75, 3.05) is 5.75 Å². The zero-order chi connectivity index (χ0) is 10.7. The molecule has 2 rings (SSSR count). The predicted octanol–water partition coefficient (Wildman–Crippen LogP) is 3.17. The maximum absolute atomic E-state index is 6.06. The highest BCUT2D eigenvalue weighted by Gasteiger charge is 1.99. The first kappa shape index (κ1) is 10.4. The molecule has 0 radical (unpaired) electrons. The Kier molecular flexibility index (Phi) is 3.15. The van der Waals surface area contributed by atoms with Crippen molar-refractivity contribution >= 4 is 35.1 Å². The van der Waals surface area contributed by atoms with E-state index in [0.717, 1.165) is 16.5 Å². The number of rotatable bonds is 0. The molecule has 0 aliphatic heterocycles. The molecule has 1 nitrogen and oxygen atoms in total.